The number of thioether (sulfide) groups is 1. The zero-order chi connectivity index (χ0) is 13.7. The van der Waals surface area contributed by atoms with Crippen LogP contribution in [0.4, 0.5) is 0 Å². The number of carboxylic acid groups (broad SMARTS) is 1. The van der Waals surface area contributed by atoms with Crippen molar-refractivity contribution in [3.63, 3.8) is 0 Å². The lowest BCUT2D eigenvalue weighted by molar-refractivity contribution is -0.152. The lowest BCUT2D eigenvalue weighted by atomic mass is 9.77. The first-order valence-electron chi connectivity index (χ1n) is 6.70. The van der Waals surface area contributed by atoms with Crippen molar-refractivity contribution in [2.24, 2.45) is 5.41 Å². The van der Waals surface area contributed by atoms with Gasteiger partial charge in [-0.25, -0.2) is 0 Å². The van der Waals surface area contributed by atoms with Crippen LogP contribution in [0.1, 0.15) is 25.3 Å². The highest BCUT2D eigenvalue weighted by atomic mass is 32.2. The van der Waals surface area contributed by atoms with E-state index in [-0.39, 0.29) is 6.61 Å². The Bertz CT molecular complexity index is 447. The fourth-order valence-electron chi connectivity index (χ4n) is 2.48. The van der Waals surface area contributed by atoms with E-state index in [1.807, 2.05) is 36.0 Å². The minimum absolute atomic E-state index is 0.288. The predicted molar refractivity (Wildman–Crippen MR) is 77.9 cm³/mol. The van der Waals surface area contributed by atoms with Crippen LogP contribution in [0.3, 0.4) is 0 Å². The quantitative estimate of drug-likeness (QED) is 0.813. The maximum absolute atomic E-state index is 11.7. The first-order chi connectivity index (χ1) is 9.18. The molecule has 4 heteroatoms. The van der Waals surface area contributed by atoms with E-state index >= 15 is 0 Å². The lowest BCUT2D eigenvalue weighted by Crippen LogP contribution is -2.42. The van der Waals surface area contributed by atoms with Gasteiger partial charge in [-0.2, -0.15) is 11.8 Å². The van der Waals surface area contributed by atoms with Crippen molar-refractivity contribution >= 4 is 17.7 Å². The van der Waals surface area contributed by atoms with E-state index in [9.17, 15) is 9.90 Å². The van der Waals surface area contributed by atoms with E-state index in [1.54, 1.807) is 0 Å². The monoisotopic (exact) mass is 280 g/mol. The van der Waals surface area contributed by atoms with Gasteiger partial charge in [-0.15, -0.1) is 0 Å². The van der Waals surface area contributed by atoms with Gasteiger partial charge < -0.3 is 9.84 Å². The zero-order valence-electron chi connectivity index (χ0n) is 11.2. The Morgan fingerprint density at radius 1 is 1.47 bits per heavy atom. The third-order valence-electron chi connectivity index (χ3n) is 3.61. The average molecular weight is 280 g/mol. The summed E-state index contributed by atoms with van der Waals surface area (Å²) in [7, 11) is 0. The van der Waals surface area contributed by atoms with E-state index in [2.05, 4.69) is 6.92 Å². The Morgan fingerprint density at radius 2 is 2.26 bits per heavy atom. The Kier molecular flexibility index (Phi) is 4.75. The van der Waals surface area contributed by atoms with Gasteiger partial charge in [0.1, 0.15) is 17.8 Å². The number of fused-ring (bicyclic) bond motifs is 1. The van der Waals surface area contributed by atoms with Crippen molar-refractivity contribution in [2.75, 3.05) is 18.1 Å². The minimum atomic E-state index is -0.747. The topological polar surface area (TPSA) is 46.5 Å². The summed E-state index contributed by atoms with van der Waals surface area (Å²) in [6, 6.07) is 7.73. The smallest absolute Gasteiger partial charge is 0.313 e. The molecule has 1 unspecified atom stereocenters. The van der Waals surface area contributed by atoms with Gasteiger partial charge in [0.05, 0.1) is 0 Å². The number of ether oxygens (including phenoxy) is 1. The van der Waals surface area contributed by atoms with Crippen molar-refractivity contribution in [3.8, 4) is 5.75 Å². The van der Waals surface area contributed by atoms with E-state index in [4.69, 9.17) is 4.74 Å². The van der Waals surface area contributed by atoms with Gasteiger partial charge in [-0.3, -0.25) is 4.79 Å². The van der Waals surface area contributed by atoms with Gasteiger partial charge in [0.25, 0.3) is 0 Å². The molecular weight excluding hydrogens is 260 g/mol. The number of para-hydroxylation sites is 1. The molecule has 104 valence electrons. The molecule has 1 heterocycles. The number of aliphatic carboxylic acids is 1. The summed E-state index contributed by atoms with van der Waals surface area (Å²) < 4.78 is 5.67. The molecule has 1 aromatic rings. The fraction of sp³-hybridized carbons (Fsp3) is 0.533. The van der Waals surface area contributed by atoms with Crippen LogP contribution >= 0.6 is 11.8 Å². The molecule has 3 nitrogen and oxygen atoms in total. The number of carbonyl (C=O) groups is 1. The normalized spacial score (nSPS) is 21.5. The molecule has 0 spiro atoms. The summed E-state index contributed by atoms with van der Waals surface area (Å²) in [4.78, 5) is 11.7. The first kappa shape index (κ1) is 14.3. The average Bonchev–Trinajstić information content (AvgIpc) is 2.43. The number of hydrogen-bond donors (Lipinski definition) is 1. The predicted octanol–water partition coefficient (Wildman–Crippen LogP) is 3.23. The van der Waals surface area contributed by atoms with Crippen molar-refractivity contribution in [2.45, 2.75) is 26.2 Å². The molecule has 0 saturated carbocycles. The van der Waals surface area contributed by atoms with Gasteiger partial charge in [0, 0.05) is 0 Å². The maximum Gasteiger partial charge on any atom is 0.313 e. The lowest BCUT2D eigenvalue weighted by Gasteiger charge is -2.34. The summed E-state index contributed by atoms with van der Waals surface area (Å²) in [5.41, 5.74) is 0.266. The summed E-state index contributed by atoms with van der Waals surface area (Å²) in [6.45, 7) is 2.41. The molecule has 0 fully saturated rings. The molecule has 1 atom stereocenters. The van der Waals surface area contributed by atoms with Crippen molar-refractivity contribution in [1.82, 2.24) is 0 Å². The Morgan fingerprint density at radius 3 is 3.00 bits per heavy atom. The number of benzene rings is 1. The molecular formula is C15H20O3S. The highest BCUT2D eigenvalue weighted by molar-refractivity contribution is 7.99. The molecule has 2 rings (SSSR count). The maximum atomic E-state index is 11.7. The van der Waals surface area contributed by atoms with E-state index in [1.165, 1.54) is 0 Å². The van der Waals surface area contributed by atoms with Crippen LogP contribution in [0.15, 0.2) is 24.3 Å². The van der Waals surface area contributed by atoms with Crippen LogP contribution < -0.4 is 4.74 Å². The second kappa shape index (κ2) is 6.33. The number of carboxylic acids is 1. The molecule has 0 saturated heterocycles. The molecule has 0 bridgehead atoms. The largest absolute Gasteiger partial charge is 0.492 e. The zero-order valence-corrected chi connectivity index (χ0v) is 12.0. The van der Waals surface area contributed by atoms with Gasteiger partial charge in [-0.1, -0.05) is 25.1 Å². The molecule has 19 heavy (non-hydrogen) atoms. The van der Waals surface area contributed by atoms with Crippen LogP contribution in [0.2, 0.25) is 0 Å². The van der Waals surface area contributed by atoms with Crippen LogP contribution in [0.25, 0.3) is 0 Å². The Labute approximate surface area is 118 Å². The van der Waals surface area contributed by atoms with Gasteiger partial charge in [-0.05, 0) is 42.4 Å². The van der Waals surface area contributed by atoms with E-state index in [0.29, 0.717) is 12.8 Å². The highest BCUT2D eigenvalue weighted by Gasteiger charge is 2.42. The van der Waals surface area contributed by atoms with E-state index < -0.39 is 11.4 Å². The second-order valence-electron chi connectivity index (χ2n) is 4.96. The summed E-state index contributed by atoms with van der Waals surface area (Å²) in [5, 5.41) is 9.58. The second-order valence-corrected chi connectivity index (χ2v) is 6.35. The molecule has 1 aromatic carbocycles. The van der Waals surface area contributed by atoms with E-state index in [0.717, 1.165) is 29.2 Å². The molecule has 0 aromatic heterocycles. The molecule has 0 radical (unpaired) electrons. The highest BCUT2D eigenvalue weighted by Crippen LogP contribution is 2.38. The fourth-order valence-corrected chi connectivity index (χ4v) is 3.12. The summed E-state index contributed by atoms with van der Waals surface area (Å²) in [5.74, 6) is 2.21. The SMILES string of the molecule is CCSCCCC1(C(=O)O)COc2ccccc2C1. The third kappa shape index (κ3) is 3.24. The standard InChI is InChI=1S/C15H20O3S/c1-2-19-9-5-8-15(14(16)17)10-12-6-3-4-7-13(12)18-11-15/h3-4,6-7H,2,5,8-11H2,1H3,(H,16,17). The third-order valence-corrected chi connectivity index (χ3v) is 4.59. The Hall–Kier alpha value is -1.16. The molecule has 1 aliphatic heterocycles. The number of rotatable bonds is 6. The van der Waals surface area contributed by atoms with Gasteiger partial charge in [0.2, 0.25) is 0 Å². The van der Waals surface area contributed by atoms with Crippen LogP contribution in [-0.4, -0.2) is 29.2 Å². The van der Waals surface area contributed by atoms with Gasteiger partial charge >= 0.3 is 5.97 Å². The molecule has 0 amide bonds. The van der Waals surface area contributed by atoms with Crippen molar-refractivity contribution < 1.29 is 14.6 Å². The molecule has 1 aliphatic rings. The van der Waals surface area contributed by atoms with Crippen molar-refractivity contribution in [1.29, 1.82) is 0 Å². The number of hydrogen-bond acceptors (Lipinski definition) is 3. The summed E-state index contributed by atoms with van der Waals surface area (Å²) in [6.07, 6.45) is 2.19. The van der Waals surface area contributed by atoms with Crippen molar-refractivity contribution in [3.05, 3.63) is 29.8 Å². The molecule has 1 N–H and O–H groups in total. The first-order valence-corrected chi connectivity index (χ1v) is 7.85. The van der Waals surface area contributed by atoms with Crippen LogP contribution in [0.5, 0.6) is 5.75 Å². The molecule has 0 aliphatic carbocycles. The van der Waals surface area contributed by atoms with Gasteiger partial charge in [0.15, 0.2) is 0 Å². The Balaban J connectivity index is 2.08. The summed E-state index contributed by atoms with van der Waals surface area (Å²) >= 11 is 1.86. The van der Waals surface area contributed by atoms with Crippen LogP contribution in [0, 0.1) is 5.41 Å². The van der Waals surface area contributed by atoms with Crippen LogP contribution in [-0.2, 0) is 11.2 Å². The minimum Gasteiger partial charge on any atom is -0.492 e.